The fourth-order valence-electron chi connectivity index (χ4n) is 1.12. The second-order valence-corrected chi connectivity index (χ2v) is 3.26. The highest BCUT2D eigenvalue weighted by atomic mass is 16.2. The van der Waals surface area contributed by atoms with Gasteiger partial charge in [0.1, 0.15) is 5.41 Å². The van der Waals surface area contributed by atoms with Gasteiger partial charge in [0.2, 0.25) is 5.91 Å². The second-order valence-electron chi connectivity index (χ2n) is 3.26. The number of rotatable bonds is 2. The van der Waals surface area contributed by atoms with Gasteiger partial charge in [0.15, 0.2) is 5.82 Å². The monoisotopic (exact) mass is 188 g/mol. The van der Waals surface area contributed by atoms with E-state index in [1.54, 1.807) is 12.1 Å². The van der Waals surface area contributed by atoms with Gasteiger partial charge in [-0.1, -0.05) is 0 Å². The molecule has 14 heavy (non-hydrogen) atoms. The van der Waals surface area contributed by atoms with E-state index in [0.717, 1.165) is 0 Å². The van der Waals surface area contributed by atoms with Gasteiger partial charge in [-0.25, -0.2) is 0 Å². The Morgan fingerprint density at radius 3 is 2.93 bits per heavy atom. The molecule has 0 radical (unpaired) electrons. The van der Waals surface area contributed by atoms with Crippen LogP contribution >= 0.6 is 0 Å². The zero-order chi connectivity index (χ0) is 10.0. The van der Waals surface area contributed by atoms with Gasteiger partial charge in [0.05, 0.1) is 6.07 Å². The number of nitriles is 1. The van der Waals surface area contributed by atoms with Gasteiger partial charge in [-0.3, -0.25) is 4.79 Å². The first-order valence-corrected chi connectivity index (χ1v) is 4.27. The number of nitrogens with one attached hydrogen (secondary N) is 1. The van der Waals surface area contributed by atoms with Crippen LogP contribution in [0, 0.1) is 16.7 Å². The van der Waals surface area contributed by atoms with Crippen molar-refractivity contribution in [1.29, 1.82) is 5.26 Å². The lowest BCUT2D eigenvalue weighted by Crippen LogP contribution is -2.23. The average molecular weight is 188 g/mol. The van der Waals surface area contributed by atoms with E-state index >= 15 is 0 Å². The first kappa shape index (κ1) is 8.63. The Morgan fingerprint density at radius 1 is 1.64 bits per heavy atom. The van der Waals surface area contributed by atoms with Crippen LogP contribution in [0.3, 0.4) is 0 Å². The molecular weight excluding hydrogens is 180 g/mol. The van der Waals surface area contributed by atoms with Crippen molar-refractivity contribution in [2.24, 2.45) is 5.41 Å². The fourth-order valence-corrected chi connectivity index (χ4v) is 1.12. The van der Waals surface area contributed by atoms with Crippen LogP contribution in [0.15, 0.2) is 18.3 Å². The van der Waals surface area contributed by atoms with E-state index < -0.39 is 5.41 Å². The van der Waals surface area contributed by atoms with Crippen molar-refractivity contribution in [2.75, 3.05) is 5.32 Å². The second kappa shape index (κ2) is 3.07. The topological polar surface area (TPSA) is 78.7 Å². The van der Waals surface area contributed by atoms with Gasteiger partial charge < -0.3 is 5.32 Å². The molecule has 5 heteroatoms. The summed E-state index contributed by atoms with van der Waals surface area (Å²) in [6.45, 7) is 0. The summed E-state index contributed by atoms with van der Waals surface area (Å²) in [6.07, 6.45) is 2.79. The van der Waals surface area contributed by atoms with E-state index in [2.05, 4.69) is 15.5 Å². The number of amides is 1. The highest BCUT2D eigenvalue weighted by Gasteiger charge is 2.50. The molecule has 0 spiro atoms. The zero-order valence-electron chi connectivity index (χ0n) is 7.40. The minimum absolute atomic E-state index is 0.277. The van der Waals surface area contributed by atoms with Crippen LogP contribution < -0.4 is 5.32 Å². The highest BCUT2D eigenvalue weighted by molar-refractivity contribution is 5.98. The number of carbonyl (C=O) groups excluding carboxylic acids is 1. The van der Waals surface area contributed by atoms with Crippen LogP contribution in [-0.2, 0) is 4.79 Å². The molecule has 0 bridgehead atoms. The number of hydrogen-bond donors (Lipinski definition) is 1. The summed E-state index contributed by atoms with van der Waals surface area (Å²) >= 11 is 0. The Labute approximate surface area is 80.8 Å². The largest absolute Gasteiger partial charge is 0.308 e. The van der Waals surface area contributed by atoms with Crippen molar-refractivity contribution in [1.82, 2.24) is 10.2 Å². The third kappa shape index (κ3) is 1.42. The SMILES string of the molecule is N#CC1(C(=O)Nc2cccnn2)CC1. The summed E-state index contributed by atoms with van der Waals surface area (Å²) in [5.74, 6) is 0.111. The molecular formula is C9H8N4O. The Bertz CT molecular complexity index is 391. The summed E-state index contributed by atoms with van der Waals surface area (Å²) in [5, 5.41) is 18.6. The number of anilines is 1. The van der Waals surface area contributed by atoms with Crippen LogP contribution in [0.25, 0.3) is 0 Å². The van der Waals surface area contributed by atoms with Crippen LogP contribution in [-0.4, -0.2) is 16.1 Å². The quantitative estimate of drug-likeness (QED) is 0.741. The van der Waals surface area contributed by atoms with Gasteiger partial charge in [-0.2, -0.15) is 10.4 Å². The lowest BCUT2D eigenvalue weighted by atomic mass is 10.1. The van der Waals surface area contributed by atoms with Gasteiger partial charge >= 0.3 is 0 Å². The smallest absolute Gasteiger partial charge is 0.246 e. The molecule has 1 saturated carbocycles. The predicted molar refractivity (Wildman–Crippen MR) is 47.9 cm³/mol. The van der Waals surface area contributed by atoms with E-state index in [0.29, 0.717) is 18.7 Å². The molecule has 2 rings (SSSR count). The van der Waals surface area contributed by atoms with Crippen molar-refractivity contribution in [3.8, 4) is 6.07 Å². The van der Waals surface area contributed by atoms with Crippen LogP contribution in [0.2, 0.25) is 0 Å². The summed E-state index contributed by atoms with van der Waals surface area (Å²) in [4.78, 5) is 11.5. The number of aromatic nitrogens is 2. The summed E-state index contributed by atoms with van der Waals surface area (Å²) in [6, 6.07) is 5.32. The van der Waals surface area contributed by atoms with Crippen molar-refractivity contribution < 1.29 is 4.79 Å². The van der Waals surface area contributed by atoms with E-state index in [1.165, 1.54) is 6.20 Å². The van der Waals surface area contributed by atoms with E-state index in [1.807, 2.05) is 6.07 Å². The maximum atomic E-state index is 11.5. The van der Waals surface area contributed by atoms with E-state index in [-0.39, 0.29) is 5.91 Å². The molecule has 0 unspecified atom stereocenters. The molecule has 1 aromatic heterocycles. The molecule has 1 aliphatic carbocycles. The molecule has 0 atom stereocenters. The number of hydrogen-bond acceptors (Lipinski definition) is 4. The van der Waals surface area contributed by atoms with Crippen LogP contribution in [0.4, 0.5) is 5.82 Å². The molecule has 5 nitrogen and oxygen atoms in total. The van der Waals surface area contributed by atoms with Crippen molar-refractivity contribution >= 4 is 11.7 Å². The van der Waals surface area contributed by atoms with Gasteiger partial charge in [0, 0.05) is 6.20 Å². The predicted octanol–water partition coefficient (Wildman–Crippen LogP) is 0.719. The average Bonchev–Trinajstić information content (AvgIpc) is 3.00. The van der Waals surface area contributed by atoms with Gasteiger partial charge in [-0.05, 0) is 25.0 Å². The third-order valence-corrected chi connectivity index (χ3v) is 2.21. The van der Waals surface area contributed by atoms with Gasteiger partial charge in [0.25, 0.3) is 0 Å². The Balaban J connectivity index is 2.07. The molecule has 1 aliphatic rings. The lowest BCUT2D eigenvalue weighted by molar-refractivity contribution is -0.119. The Kier molecular flexibility index (Phi) is 1.89. The molecule has 1 heterocycles. The van der Waals surface area contributed by atoms with Crippen molar-refractivity contribution in [3.63, 3.8) is 0 Å². The molecule has 0 aliphatic heterocycles. The fraction of sp³-hybridized carbons (Fsp3) is 0.333. The van der Waals surface area contributed by atoms with Crippen LogP contribution in [0.5, 0.6) is 0 Å². The first-order valence-electron chi connectivity index (χ1n) is 4.27. The molecule has 1 N–H and O–H groups in total. The van der Waals surface area contributed by atoms with E-state index in [4.69, 9.17) is 5.26 Å². The number of nitrogens with zero attached hydrogens (tertiary/aromatic N) is 3. The maximum absolute atomic E-state index is 11.5. The Hall–Kier alpha value is -1.96. The van der Waals surface area contributed by atoms with E-state index in [9.17, 15) is 4.79 Å². The normalized spacial score (nSPS) is 16.8. The molecule has 70 valence electrons. The number of carbonyl (C=O) groups is 1. The standard InChI is InChI=1S/C9H8N4O/c10-6-9(3-4-9)8(14)12-7-2-1-5-11-13-7/h1-2,5H,3-4H2,(H,12,13,14). The third-order valence-electron chi connectivity index (χ3n) is 2.21. The summed E-state index contributed by atoms with van der Waals surface area (Å²) in [7, 11) is 0. The molecule has 1 amide bonds. The Morgan fingerprint density at radius 2 is 2.43 bits per heavy atom. The molecule has 0 aromatic carbocycles. The van der Waals surface area contributed by atoms with Crippen molar-refractivity contribution in [3.05, 3.63) is 18.3 Å². The minimum Gasteiger partial charge on any atom is -0.308 e. The van der Waals surface area contributed by atoms with Crippen LogP contribution in [0.1, 0.15) is 12.8 Å². The molecule has 0 saturated heterocycles. The van der Waals surface area contributed by atoms with Gasteiger partial charge in [-0.15, -0.1) is 5.10 Å². The summed E-state index contributed by atoms with van der Waals surface area (Å²) < 4.78 is 0. The minimum atomic E-state index is -0.808. The van der Waals surface area contributed by atoms with Crippen molar-refractivity contribution in [2.45, 2.75) is 12.8 Å². The zero-order valence-corrected chi connectivity index (χ0v) is 7.40. The lowest BCUT2D eigenvalue weighted by Gasteiger charge is -2.05. The first-order chi connectivity index (χ1) is 6.77. The summed E-state index contributed by atoms with van der Waals surface area (Å²) in [5.41, 5.74) is -0.808. The maximum Gasteiger partial charge on any atom is 0.246 e. The highest BCUT2D eigenvalue weighted by Crippen LogP contribution is 2.45. The molecule has 1 aromatic rings. The molecule has 1 fully saturated rings.